The van der Waals surface area contributed by atoms with Gasteiger partial charge in [0, 0.05) is 19.3 Å². The van der Waals surface area contributed by atoms with Crippen molar-refractivity contribution < 1.29 is 75.8 Å². The lowest BCUT2D eigenvalue weighted by molar-refractivity contribution is -0.161. The Morgan fingerprint density at radius 2 is 0.534 bits per heavy atom. The minimum absolute atomic E-state index is 0.0315. The third-order valence-corrected chi connectivity index (χ3v) is 17.8. The average Bonchev–Trinajstić information content (AvgIpc) is 0.939. The highest BCUT2D eigenvalue weighted by atomic mass is 31.2. The predicted octanol–water partition coefficient (Wildman–Crippen LogP) is 23.2. The maximum Gasteiger partial charge on any atom is 0.472 e. The zero-order valence-corrected chi connectivity index (χ0v) is 65.7. The topological polar surface area (TPSA) is 231 Å². The minimum atomic E-state index is -4.96. The molecule has 0 bridgehead atoms. The molecule has 0 aliphatic heterocycles. The van der Waals surface area contributed by atoms with Crippen molar-refractivity contribution in [3.63, 3.8) is 0 Å². The highest BCUT2D eigenvalue weighted by molar-refractivity contribution is 7.47. The van der Waals surface area contributed by atoms with Gasteiger partial charge in [-0.05, 0) is 148 Å². The van der Waals surface area contributed by atoms with Crippen molar-refractivity contribution in [2.75, 3.05) is 39.6 Å². The summed E-state index contributed by atoms with van der Waals surface area (Å²) in [6, 6.07) is 0. The first-order valence-corrected chi connectivity index (χ1v) is 42.4. The number of rotatable bonds is 73. The van der Waals surface area contributed by atoms with E-state index in [-0.39, 0.29) is 19.3 Å². The molecule has 0 aromatic rings. The summed E-state index contributed by atoms with van der Waals surface area (Å²) in [4.78, 5) is 58.6. The van der Waals surface area contributed by atoms with Crippen molar-refractivity contribution >= 4 is 33.6 Å². The number of hydrogen-bond donors (Lipinski definition) is 4. The van der Waals surface area contributed by atoms with E-state index in [0.717, 1.165) is 135 Å². The normalized spacial score (nSPS) is 14.9. The second-order valence-corrected chi connectivity index (χ2v) is 28.7. The number of phosphoric ester groups is 2. The van der Waals surface area contributed by atoms with Gasteiger partial charge >= 0.3 is 33.6 Å². The molecule has 0 saturated heterocycles. The molecule has 5 unspecified atom stereocenters. The molecule has 0 rings (SSSR count). The van der Waals surface area contributed by atoms with E-state index in [1.54, 1.807) is 0 Å². The van der Waals surface area contributed by atoms with E-state index in [4.69, 9.17) is 32.3 Å². The quantitative estimate of drug-likeness (QED) is 0.0146. The molecule has 586 valence electrons. The van der Waals surface area contributed by atoms with Gasteiger partial charge in [0.2, 0.25) is 0 Å². The Hall–Kier alpha value is -5.09. The Bertz CT molecular complexity index is 2550. The molecular weight excluding hydrogens is 1340 g/mol. The van der Waals surface area contributed by atoms with Crippen molar-refractivity contribution in [2.45, 2.75) is 309 Å². The first-order valence-electron chi connectivity index (χ1n) is 39.4. The van der Waals surface area contributed by atoms with Gasteiger partial charge in [-0.2, -0.15) is 0 Å². The van der Waals surface area contributed by atoms with Gasteiger partial charge in [0.25, 0.3) is 0 Å². The number of hydrogen-bond acceptors (Lipinski definition) is 14. The lowest BCUT2D eigenvalue weighted by Gasteiger charge is -2.21. The van der Waals surface area contributed by atoms with Crippen LogP contribution in [0.5, 0.6) is 0 Å². The fourth-order valence-electron chi connectivity index (χ4n) is 9.92. The third-order valence-electron chi connectivity index (χ3n) is 15.9. The number of allylic oxidation sites excluding steroid dienone is 28. The van der Waals surface area contributed by atoms with Crippen LogP contribution in [0.4, 0.5) is 0 Å². The van der Waals surface area contributed by atoms with Gasteiger partial charge in [-0.1, -0.05) is 294 Å². The molecular formula is C85H140O16P2. The summed E-state index contributed by atoms with van der Waals surface area (Å²) in [6.45, 7) is 2.38. The Labute approximate surface area is 624 Å². The van der Waals surface area contributed by atoms with Crippen molar-refractivity contribution in [3.8, 4) is 0 Å². The monoisotopic (exact) mass is 1480 g/mol. The van der Waals surface area contributed by atoms with Crippen LogP contribution < -0.4 is 0 Å². The number of aliphatic hydroxyl groups is 2. The second kappa shape index (κ2) is 76.6. The van der Waals surface area contributed by atoms with Crippen LogP contribution in [-0.2, 0) is 55.8 Å². The molecule has 4 N–H and O–H groups in total. The molecule has 0 aliphatic rings. The SMILES string of the molecule is CC/C=C\C/C=C\C/C=C\C/C=C\C/C=C\C/C=C\CCC(=O)OC(COC(=O)CCCCCCC/C=C\C/C=C\C/C=C\C/C=C\CCCCC)COP(=O)(O)OCC(O)COP(=O)(O)OCC(O)COC(=O)CCCCCCCCCCCCC/C=C\C/C=C\C/C=C\C/C=C\CCCCC. The van der Waals surface area contributed by atoms with Crippen LogP contribution in [0.25, 0.3) is 0 Å². The smallest absolute Gasteiger partial charge is 0.463 e. The Kier molecular flexibility index (Phi) is 72.8. The predicted molar refractivity (Wildman–Crippen MR) is 426 cm³/mol. The summed E-state index contributed by atoms with van der Waals surface area (Å²) in [6.07, 6.45) is 97.0. The molecule has 0 aromatic heterocycles. The number of aliphatic hydroxyl groups excluding tert-OH is 2. The molecule has 0 fully saturated rings. The lowest BCUT2D eigenvalue weighted by atomic mass is 10.0. The van der Waals surface area contributed by atoms with Crippen molar-refractivity contribution in [1.82, 2.24) is 0 Å². The molecule has 0 aliphatic carbocycles. The Morgan fingerprint density at radius 1 is 0.282 bits per heavy atom. The van der Waals surface area contributed by atoms with Crippen LogP contribution in [0.2, 0.25) is 0 Å². The summed E-state index contributed by atoms with van der Waals surface area (Å²) in [7, 11) is -9.84. The van der Waals surface area contributed by atoms with Crippen molar-refractivity contribution in [1.29, 1.82) is 0 Å². The zero-order valence-electron chi connectivity index (χ0n) is 63.9. The van der Waals surface area contributed by atoms with Crippen LogP contribution in [-0.4, -0.2) is 95.9 Å². The van der Waals surface area contributed by atoms with Gasteiger partial charge in [-0.25, -0.2) is 9.13 Å². The first-order chi connectivity index (χ1) is 50.2. The first kappa shape index (κ1) is 97.9. The molecule has 18 heteroatoms. The maximum atomic E-state index is 13.0. The van der Waals surface area contributed by atoms with Crippen LogP contribution in [0.3, 0.4) is 0 Å². The van der Waals surface area contributed by atoms with Crippen LogP contribution >= 0.6 is 15.6 Å². The molecule has 0 aromatic carbocycles. The highest BCUT2D eigenvalue weighted by Gasteiger charge is 2.29. The summed E-state index contributed by atoms with van der Waals surface area (Å²) in [5.41, 5.74) is 0. The molecule has 0 radical (unpaired) electrons. The van der Waals surface area contributed by atoms with E-state index in [1.807, 2.05) is 18.2 Å². The Morgan fingerprint density at radius 3 is 0.854 bits per heavy atom. The largest absolute Gasteiger partial charge is 0.472 e. The fourth-order valence-corrected chi connectivity index (χ4v) is 11.5. The zero-order chi connectivity index (χ0) is 75.2. The summed E-state index contributed by atoms with van der Waals surface area (Å²) < 4.78 is 61.0. The van der Waals surface area contributed by atoms with Crippen molar-refractivity contribution in [2.24, 2.45) is 0 Å². The van der Waals surface area contributed by atoms with Crippen LogP contribution in [0.1, 0.15) is 290 Å². The second-order valence-electron chi connectivity index (χ2n) is 25.8. The van der Waals surface area contributed by atoms with Gasteiger partial charge < -0.3 is 34.2 Å². The van der Waals surface area contributed by atoms with Gasteiger partial charge in [0.05, 0.1) is 26.4 Å². The van der Waals surface area contributed by atoms with E-state index >= 15 is 0 Å². The van der Waals surface area contributed by atoms with Crippen LogP contribution in [0.15, 0.2) is 170 Å². The van der Waals surface area contributed by atoms with Gasteiger partial charge in [0.1, 0.15) is 25.4 Å². The molecule has 5 atom stereocenters. The van der Waals surface area contributed by atoms with E-state index < -0.39 is 91.5 Å². The standard InChI is InChI=1S/C85H140O16P2/c1-4-7-10-13-16-19-22-25-28-31-34-36-37-38-39-40-41-43-46-47-50-53-56-59-62-65-68-71-83(88)95-74-80(86)75-97-102(91,92)98-76-81(87)77-99-103(93,94)100-79-82(101-85(90)73-70-67-64-61-58-55-52-49-44-33-30-27-24-21-18-15-12-9-6-3)78-96-84(89)72-69-66-63-60-57-54-51-48-45-42-35-32-29-26-23-20-17-14-11-8-5-2/h9,12,16-21,25-30,34-36,38-39,42,44,48-49,51,55,58,64,67,80-82,86-87H,4-8,10-11,13-15,22-24,31-33,37,40-41,43,45-47,50,52-54,56-57,59-63,65-66,68-79H2,1-3H3,(H,91,92)(H,93,94)/b12-9-,19-16-,20-17-,21-18-,28-25-,29-26-,30-27-,36-34-,39-38-,42-35-,49-44-,51-48-,58-55-,67-64-. The fraction of sp³-hybridized carbons (Fsp3) is 0.635. The van der Waals surface area contributed by atoms with E-state index in [0.29, 0.717) is 25.7 Å². The van der Waals surface area contributed by atoms with Gasteiger partial charge in [0.15, 0.2) is 6.10 Å². The van der Waals surface area contributed by atoms with E-state index in [1.165, 1.54) is 89.9 Å². The summed E-state index contributed by atoms with van der Waals surface area (Å²) in [5, 5.41) is 20.6. The number of esters is 3. The molecule has 0 saturated carbocycles. The minimum Gasteiger partial charge on any atom is -0.463 e. The molecule has 0 heterocycles. The Balaban J connectivity index is 4.71. The maximum absolute atomic E-state index is 13.0. The number of phosphoric acid groups is 2. The number of carbonyl (C=O) groups is 3. The average molecular weight is 1480 g/mol. The van der Waals surface area contributed by atoms with Gasteiger partial charge in [-0.15, -0.1) is 0 Å². The lowest BCUT2D eigenvalue weighted by Crippen LogP contribution is -2.29. The van der Waals surface area contributed by atoms with E-state index in [2.05, 4.69) is 173 Å². The van der Waals surface area contributed by atoms with Gasteiger partial charge in [-0.3, -0.25) is 32.5 Å². The molecule has 16 nitrogen and oxygen atoms in total. The molecule has 0 spiro atoms. The van der Waals surface area contributed by atoms with Crippen LogP contribution in [0, 0.1) is 0 Å². The highest BCUT2D eigenvalue weighted by Crippen LogP contribution is 2.45. The molecule has 0 amide bonds. The third kappa shape index (κ3) is 77.8. The molecule has 103 heavy (non-hydrogen) atoms. The van der Waals surface area contributed by atoms with E-state index in [9.17, 15) is 43.5 Å². The summed E-state index contributed by atoms with van der Waals surface area (Å²) in [5.74, 6) is -1.71. The number of carbonyl (C=O) groups excluding carboxylic acids is 3. The summed E-state index contributed by atoms with van der Waals surface area (Å²) >= 11 is 0. The van der Waals surface area contributed by atoms with Crippen molar-refractivity contribution in [3.05, 3.63) is 170 Å². The number of ether oxygens (including phenoxy) is 3. The number of unbranched alkanes of at least 4 members (excludes halogenated alkanes) is 22.